The van der Waals surface area contributed by atoms with Crippen molar-refractivity contribution in [3.8, 4) is 39.6 Å². The molecule has 20 nitrogen and oxygen atoms in total. The third-order valence-electron chi connectivity index (χ3n) is 15.1. The number of piperazine rings is 1. The van der Waals surface area contributed by atoms with Gasteiger partial charge in [0.05, 0.1) is 66.4 Å². The Kier molecular flexibility index (Phi) is 16.3. The highest BCUT2D eigenvalue weighted by molar-refractivity contribution is 7.19. The number of hydrogen-bond acceptors (Lipinski definition) is 16. The van der Waals surface area contributed by atoms with Crippen LogP contribution in [0.4, 0.5) is 14.6 Å². The summed E-state index contributed by atoms with van der Waals surface area (Å²) in [6.07, 6.45) is 0.751. The molecule has 11 rings (SSSR count). The molecule has 6 amide bonds. The molecule has 3 aromatic heterocycles. The maximum atomic E-state index is 13.9. The summed E-state index contributed by atoms with van der Waals surface area (Å²) in [5, 5.41) is 9.33. The van der Waals surface area contributed by atoms with Crippen molar-refractivity contribution >= 4 is 74.4 Å². The van der Waals surface area contributed by atoms with Gasteiger partial charge in [0.15, 0.2) is 17.6 Å². The van der Waals surface area contributed by atoms with Crippen LogP contribution in [0.3, 0.4) is 0 Å². The lowest BCUT2D eigenvalue weighted by Crippen LogP contribution is -2.53. The van der Waals surface area contributed by atoms with Crippen LogP contribution in [-0.4, -0.2) is 138 Å². The molecule has 83 heavy (non-hydrogen) atoms. The quantitative estimate of drug-likeness (QED) is 0.0426. The number of aryl methyl sites for hydroxylation is 1. The first-order valence-corrected chi connectivity index (χ1v) is 28.4. The Morgan fingerprint density at radius 2 is 1.65 bits per heavy atom. The van der Waals surface area contributed by atoms with E-state index in [4.69, 9.17) is 36.5 Å². The van der Waals surface area contributed by atoms with Gasteiger partial charge in [-0.05, 0) is 85.5 Å². The summed E-state index contributed by atoms with van der Waals surface area (Å²) < 4.78 is 55.0. The number of nitrogens with two attached hydrogens (primary N) is 1. The number of benzene rings is 3. The van der Waals surface area contributed by atoms with Gasteiger partial charge in [0.2, 0.25) is 23.6 Å². The Morgan fingerprint density at radius 3 is 2.45 bits per heavy atom. The van der Waals surface area contributed by atoms with Crippen LogP contribution in [0.25, 0.3) is 32.6 Å². The Balaban J connectivity index is 0.559. The number of fused-ring (bicyclic) bond motifs is 3. The number of imide groups is 1. The highest BCUT2D eigenvalue weighted by atomic mass is 35.5. The fraction of sp³-hybridized carbons (Fsp3) is 0.356. The molecule has 2 saturated heterocycles. The van der Waals surface area contributed by atoms with Crippen LogP contribution in [0.15, 0.2) is 97.0 Å². The second-order valence-electron chi connectivity index (χ2n) is 20.8. The molecule has 0 bridgehead atoms. The van der Waals surface area contributed by atoms with Crippen molar-refractivity contribution in [1.82, 2.24) is 35.3 Å². The van der Waals surface area contributed by atoms with Gasteiger partial charge in [-0.3, -0.25) is 38.7 Å². The van der Waals surface area contributed by atoms with Crippen molar-refractivity contribution in [2.75, 3.05) is 71.0 Å². The number of ether oxygens (including phenoxy) is 5. The number of nitrogens with one attached hydrogen (secondary N) is 3. The second kappa shape index (κ2) is 23.9. The van der Waals surface area contributed by atoms with Crippen molar-refractivity contribution < 1.29 is 61.2 Å². The molecule has 24 heteroatoms. The number of carbonyl (C=O) groups is 6. The van der Waals surface area contributed by atoms with Crippen LogP contribution in [0.5, 0.6) is 17.2 Å². The van der Waals surface area contributed by atoms with Crippen LogP contribution in [0.2, 0.25) is 5.02 Å². The highest BCUT2D eigenvalue weighted by Crippen LogP contribution is 2.52. The number of halogens is 3. The van der Waals surface area contributed by atoms with E-state index < -0.39 is 17.8 Å². The lowest BCUT2D eigenvalue weighted by atomic mass is 9.94. The lowest BCUT2D eigenvalue weighted by Gasteiger charge is -2.35. The summed E-state index contributed by atoms with van der Waals surface area (Å²) in [7, 11) is 0. The van der Waals surface area contributed by atoms with Gasteiger partial charge in [0.25, 0.3) is 11.8 Å². The smallest absolute Gasteiger partial charge is 0.479 e. The van der Waals surface area contributed by atoms with Crippen LogP contribution >= 0.6 is 22.9 Å². The average molecular weight is 1170 g/mol. The molecular formula is C59H58ClF2N9O11S. The third-order valence-corrected chi connectivity index (χ3v) is 16.4. The number of alkyl halides is 2. The summed E-state index contributed by atoms with van der Waals surface area (Å²) in [6.45, 7) is 5.02. The van der Waals surface area contributed by atoms with Crippen molar-refractivity contribution in [1.29, 1.82) is 0 Å². The summed E-state index contributed by atoms with van der Waals surface area (Å²) in [5.74, 6) is -0.584. The molecule has 1 saturated carbocycles. The molecule has 3 fully saturated rings. The molecule has 6 aromatic rings. The Hall–Kier alpha value is -8.25. The van der Waals surface area contributed by atoms with Crippen LogP contribution in [0, 0.1) is 6.92 Å². The fourth-order valence-electron chi connectivity index (χ4n) is 10.6. The van der Waals surface area contributed by atoms with E-state index in [0.717, 1.165) is 31.8 Å². The molecule has 5 aliphatic rings. The van der Waals surface area contributed by atoms with Crippen LogP contribution < -0.4 is 35.9 Å². The molecule has 7 heterocycles. The highest BCUT2D eigenvalue weighted by Gasteiger charge is 2.53. The number of aromatic nitrogens is 2. The van der Waals surface area contributed by atoms with E-state index in [2.05, 4.69) is 30.4 Å². The number of thiophene rings is 1. The van der Waals surface area contributed by atoms with E-state index in [9.17, 15) is 37.5 Å². The predicted molar refractivity (Wildman–Crippen MR) is 302 cm³/mol. The first-order chi connectivity index (χ1) is 40.0. The molecule has 1 unspecified atom stereocenters. The van der Waals surface area contributed by atoms with Gasteiger partial charge in [-0.25, -0.2) is 4.98 Å². The molecule has 4 aliphatic heterocycles. The summed E-state index contributed by atoms with van der Waals surface area (Å²) in [4.78, 5) is 93.1. The summed E-state index contributed by atoms with van der Waals surface area (Å²) in [6, 6.07) is 22.2. The summed E-state index contributed by atoms with van der Waals surface area (Å²) in [5.41, 5.74) is 11.7. The first-order valence-electron chi connectivity index (χ1n) is 27.2. The van der Waals surface area contributed by atoms with E-state index in [1.165, 1.54) is 28.4 Å². The number of likely N-dealkylation sites (tertiary alicyclic amines) is 1. The molecule has 5 N–H and O–H groups in total. The molecule has 3 aromatic carbocycles. The van der Waals surface area contributed by atoms with E-state index in [0.29, 0.717) is 102 Å². The normalized spacial score (nSPS) is 17.6. The van der Waals surface area contributed by atoms with E-state index in [-0.39, 0.29) is 106 Å². The zero-order valence-corrected chi connectivity index (χ0v) is 46.7. The molecule has 432 valence electrons. The predicted octanol–water partition coefficient (Wildman–Crippen LogP) is 6.85. The number of amides is 6. The zero-order valence-electron chi connectivity index (χ0n) is 45.1. The number of hydrogen-bond donors (Lipinski definition) is 4. The van der Waals surface area contributed by atoms with Gasteiger partial charge in [-0.15, -0.1) is 20.1 Å². The van der Waals surface area contributed by atoms with Crippen molar-refractivity contribution in [3.05, 3.63) is 129 Å². The molecule has 0 spiro atoms. The number of anilines is 1. The van der Waals surface area contributed by atoms with Gasteiger partial charge in [0.1, 0.15) is 11.6 Å². The minimum atomic E-state index is -3.76. The van der Waals surface area contributed by atoms with E-state index in [1.807, 2.05) is 43.3 Å². The van der Waals surface area contributed by atoms with Crippen LogP contribution in [-0.2, 0) is 51.8 Å². The van der Waals surface area contributed by atoms with Gasteiger partial charge >= 0.3 is 6.29 Å². The lowest BCUT2D eigenvalue weighted by molar-refractivity contribution is -0.286. The topological polar surface area (TPSA) is 246 Å². The van der Waals surface area contributed by atoms with E-state index >= 15 is 0 Å². The number of pyridine rings is 2. The third kappa shape index (κ3) is 12.6. The Morgan fingerprint density at radius 1 is 0.880 bits per heavy atom. The van der Waals surface area contributed by atoms with E-state index in [1.54, 1.807) is 52.5 Å². The Labute approximate surface area is 484 Å². The number of carbonyl (C=O) groups excluding carboxylic acids is 6. The van der Waals surface area contributed by atoms with Crippen molar-refractivity contribution in [3.63, 3.8) is 0 Å². The zero-order chi connectivity index (χ0) is 58.0. The maximum Gasteiger partial charge on any atom is 0.586 e. The van der Waals surface area contributed by atoms with Gasteiger partial charge in [-0.1, -0.05) is 35.9 Å². The standard InChI is InChI=1S/C59H58ClF2N9O11S/c1-34-5-8-48(68-57(77)58(13-14-58)38-6-7-45-46(28-38)82-59(61,62)81-45)67-52(34)35-3-2-4-36(25-35)55(75)66-17-16-64-31-40(63)33-79-24-23-78-22-12-49(72)69-18-20-70(21-19-69)56(76)47-27-37-26-39(60)29-43(53(37)80-47)42-11-15-65-44-30-41(83-54(42)44)32-71-50(73)9-10-51(71)74/h2-8,11,15,25-26,28-31,47,64H,9-10,12-14,16-24,27,32-33,63H2,1H3,(H,66,75)(H,67,68,77)/b40-31-. The fourth-order valence-corrected chi connectivity index (χ4v) is 11.9. The van der Waals surface area contributed by atoms with Gasteiger partial charge in [0, 0.05) is 109 Å². The van der Waals surface area contributed by atoms with Crippen molar-refractivity contribution in [2.45, 2.75) is 69.8 Å². The first kappa shape index (κ1) is 56.6. The average Bonchev–Trinajstić information content (AvgIpc) is 3.03. The van der Waals surface area contributed by atoms with Gasteiger partial charge < -0.3 is 55.2 Å². The summed E-state index contributed by atoms with van der Waals surface area (Å²) >= 11 is 8.09. The molecule has 0 radical (unpaired) electrons. The molecule has 1 atom stereocenters. The van der Waals surface area contributed by atoms with Crippen LogP contribution in [0.1, 0.15) is 64.0 Å². The minimum absolute atomic E-state index is 0.0763. The van der Waals surface area contributed by atoms with Crippen molar-refractivity contribution in [2.24, 2.45) is 5.73 Å². The SMILES string of the molecule is Cc1ccc(NC(=O)C2(c3ccc4c(c3)OC(F)(F)O4)CC2)nc1-c1cccc(C(=O)NCCN/C=C(\N)COCCOCCC(=O)N2CCN(C(=O)C3Cc4cc(Cl)cc(-c5ccnc6cc(CN7C(=O)CCC7=O)sc56)c4O3)CC2)c1. The number of nitrogens with zero attached hydrogens (tertiary/aromatic N) is 5. The molecular weight excluding hydrogens is 1120 g/mol. The minimum Gasteiger partial charge on any atom is -0.479 e. The number of rotatable bonds is 21. The largest absolute Gasteiger partial charge is 0.586 e. The molecule has 1 aliphatic carbocycles. The maximum absolute atomic E-state index is 13.9. The van der Waals surface area contributed by atoms with Gasteiger partial charge in [-0.2, -0.15) is 0 Å². The monoisotopic (exact) mass is 1170 g/mol. The second-order valence-corrected chi connectivity index (χ2v) is 22.3. The Bertz CT molecular complexity index is 3570.